The molecule has 8 heteroatoms. The van der Waals surface area contributed by atoms with Crippen LogP contribution in [0.25, 0.3) is 0 Å². The Morgan fingerprint density at radius 2 is 1.79 bits per heavy atom. The molecule has 2 aromatic rings. The summed E-state index contributed by atoms with van der Waals surface area (Å²) in [5, 5.41) is 20.6. The fraction of sp³-hybridized carbons (Fsp3) is 0.450. The van der Waals surface area contributed by atoms with Crippen molar-refractivity contribution in [2.75, 3.05) is 5.32 Å². The molecular formula is C20H25N3O3S2. The van der Waals surface area contributed by atoms with E-state index in [2.05, 4.69) is 15.7 Å². The third-order valence-corrected chi connectivity index (χ3v) is 8.35. The molecule has 1 heterocycles. The number of hydrogen-bond acceptors (Lipinski definition) is 4. The third-order valence-electron chi connectivity index (χ3n) is 5.49. The second-order valence-corrected chi connectivity index (χ2v) is 11.0. The van der Waals surface area contributed by atoms with Crippen molar-refractivity contribution in [1.29, 1.82) is 0 Å². The number of nitrogens with one attached hydrogen (secondary N) is 1. The van der Waals surface area contributed by atoms with Gasteiger partial charge in [-0.3, -0.25) is 0 Å². The van der Waals surface area contributed by atoms with Crippen LogP contribution in [0, 0.1) is 0 Å². The average molecular weight is 420 g/mol. The number of amides is 2. The number of aryl methyl sites for hydroxylation is 2. The number of nitrogens with zero attached hydrogens (tertiary/aromatic N) is 1. The van der Waals surface area contributed by atoms with Crippen LogP contribution in [-0.2, 0) is 41.2 Å². The van der Waals surface area contributed by atoms with Crippen LogP contribution in [0.1, 0.15) is 54.5 Å². The van der Waals surface area contributed by atoms with Crippen LogP contribution in [0.15, 0.2) is 26.1 Å². The number of hydrogen-bond donors (Lipinski definition) is 3. The van der Waals surface area contributed by atoms with Gasteiger partial charge in [-0.15, -0.1) is 15.7 Å². The van der Waals surface area contributed by atoms with Crippen LogP contribution in [-0.4, -0.2) is 15.3 Å². The van der Waals surface area contributed by atoms with Crippen molar-refractivity contribution in [3.05, 3.63) is 45.3 Å². The molecule has 0 aliphatic heterocycles. The number of carbonyl (C=O) groups is 1. The predicted molar refractivity (Wildman–Crippen MR) is 112 cm³/mol. The number of carbonyl (C=O) groups excluding carboxylic acids is 1. The Labute approximate surface area is 169 Å². The summed E-state index contributed by atoms with van der Waals surface area (Å²) in [4.78, 5) is 12.6. The summed E-state index contributed by atoms with van der Waals surface area (Å²) >= 11 is 1.14. The Kier molecular flexibility index (Phi) is 4.86. The molecule has 150 valence electrons. The topological polar surface area (TPSA) is 105 Å². The lowest BCUT2D eigenvalue weighted by atomic mass is 9.99. The van der Waals surface area contributed by atoms with Gasteiger partial charge in [-0.1, -0.05) is 6.07 Å². The molecule has 0 fully saturated rings. The molecule has 1 aromatic heterocycles. The number of benzene rings is 1. The number of thiophene rings is 1. The molecule has 4 rings (SSSR count). The van der Waals surface area contributed by atoms with E-state index in [4.69, 9.17) is 5.14 Å². The van der Waals surface area contributed by atoms with Crippen molar-refractivity contribution in [1.82, 2.24) is 0 Å². The van der Waals surface area contributed by atoms with Crippen LogP contribution in [0.3, 0.4) is 0 Å². The molecule has 1 aromatic carbocycles. The third kappa shape index (κ3) is 3.61. The monoisotopic (exact) mass is 419 g/mol. The van der Waals surface area contributed by atoms with Crippen LogP contribution >= 0.6 is 11.3 Å². The number of rotatable bonds is 3. The number of fused-ring (bicyclic) bond motifs is 2. The highest BCUT2D eigenvalue weighted by molar-refractivity contribution is 7.93. The molecule has 0 saturated carbocycles. The summed E-state index contributed by atoms with van der Waals surface area (Å²) in [6, 6.07) is 3.16. The predicted octanol–water partition coefficient (Wildman–Crippen LogP) is 3.89. The minimum Gasteiger partial charge on any atom is -0.386 e. The number of nitrogens with two attached hydrogens (primary N) is 1. The highest BCUT2D eigenvalue weighted by atomic mass is 32.2. The van der Waals surface area contributed by atoms with Gasteiger partial charge in [-0.05, 0) is 91.6 Å². The highest BCUT2D eigenvalue weighted by Gasteiger charge is 2.26. The minimum atomic E-state index is -3.38. The highest BCUT2D eigenvalue weighted by Crippen LogP contribution is 2.38. The molecule has 0 spiro atoms. The molecule has 1 atom stereocenters. The zero-order valence-corrected chi connectivity index (χ0v) is 17.7. The van der Waals surface area contributed by atoms with Gasteiger partial charge >= 0.3 is 6.03 Å². The Morgan fingerprint density at radius 3 is 2.32 bits per heavy atom. The number of anilines is 1. The van der Waals surface area contributed by atoms with Crippen LogP contribution in [0.4, 0.5) is 10.5 Å². The first-order valence-electron chi connectivity index (χ1n) is 9.49. The van der Waals surface area contributed by atoms with Gasteiger partial charge in [-0.25, -0.2) is 14.1 Å². The summed E-state index contributed by atoms with van der Waals surface area (Å²) in [6.45, 7) is 3.27. The molecule has 0 unspecified atom stereocenters. The van der Waals surface area contributed by atoms with E-state index in [1.165, 1.54) is 22.3 Å². The molecule has 0 bridgehead atoms. The van der Waals surface area contributed by atoms with E-state index in [0.717, 1.165) is 55.5 Å². The number of urea groups is 1. The Balaban J connectivity index is 1.65. The fourth-order valence-electron chi connectivity index (χ4n) is 4.06. The number of aliphatic hydroxyl groups is 1. The van der Waals surface area contributed by atoms with Gasteiger partial charge in [0.05, 0.1) is 5.60 Å². The van der Waals surface area contributed by atoms with E-state index < -0.39 is 21.5 Å². The molecule has 0 saturated heterocycles. The van der Waals surface area contributed by atoms with Crippen molar-refractivity contribution in [3.63, 3.8) is 0 Å². The zero-order valence-electron chi connectivity index (χ0n) is 16.1. The van der Waals surface area contributed by atoms with Crippen LogP contribution < -0.4 is 10.5 Å². The Morgan fingerprint density at radius 1 is 1.18 bits per heavy atom. The Bertz CT molecular complexity index is 1040. The van der Waals surface area contributed by atoms with Crippen molar-refractivity contribution in [2.45, 2.75) is 62.2 Å². The standard InChI is InChI=1S/C20H25N3O3S2/c1-20(2,25)14-10-17(27-11-14)28(21,26)23-19(24)22-18-15-7-3-5-12(15)9-13-6-4-8-16(13)18/h9-11,25H,3-8H2,1-2H3,(H3,21,22,23,24,26)/t28-/m0/s1. The van der Waals surface area contributed by atoms with Crippen LogP contribution in [0.5, 0.6) is 0 Å². The van der Waals surface area contributed by atoms with Crippen molar-refractivity contribution < 1.29 is 14.1 Å². The zero-order chi connectivity index (χ0) is 20.1. The maximum atomic E-state index is 12.9. The summed E-state index contributed by atoms with van der Waals surface area (Å²) in [7, 11) is -3.38. The first-order valence-corrected chi connectivity index (χ1v) is 11.9. The molecule has 0 radical (unpaired) electrons. The normalized spacial score (nSPS) is 17.7. The van der Waals surface area contributed by atoms with Gasteiger partial charge < -0.3 is 10.4 Å². The maximum Gasteiger partial charge on any atom is 0.354 e. The molecule has 2 amide bonds. The summed E-state index contributed by atoms with van der Waals surface area (Å²) < 4.78 is 17.0. The van der Waals surface area contributed by atoms with Gasteiger partial charge in [0.2, 0.25) is 0 Å². The maximum absolute atomic E-state index is 12.9. The lowest BCUT2D eigenvalue weighted by Crippen LogP contribution is -2.18. The summed E-state index contributed by atoms with van der Waals surface area (Å²) in [6.07, 6.45) is 6.12. The second kappa shape index (κ2) is 6.95. The quantitative estimate of drug-likeness (QED) is 0.703. The molecule has 6 nitrogen and oxygen atoms in total. The van der Waals surface area contributed by atoms with Gasteiger partial charge in [0.25, 0.3) is 0 Å². The van der Waals surface area contributed by atoms with E-state index in [0.29, 0.717) is 5.56 Å². The smallest absolute Gasteiger partial charge is 0.354 e. The average Bonchev–Trinajstić information content (AvgIpc) is 3.33. The van der Waals surface area contributed by atoms with Gasteiger partial charge in [0.15, 0.2) is 9.92 Å². The molecule has 28 heavy (non-hydrogen) atoms. The first kappa shape index (κ1) is 19.6. The second-order valence-electron chi connectivity index (χ2n) is 8.04. The molecular weight excluding hydrogens is 394 g/mol. The fourth-order valence-corrected chi connectivity index (χ4v) is 6.34. The van der Waals surface area contributed by atoms with Crippen molar-refractivity contribution in [2.24, 2.45) is 9.50 Å². The molecule has 4 N–H and O–H groups in total. The van der Waals surface area contributed by atoms with Gasteiger partial charge in [-0.2, -0.15) is 0 Å². The van der Waals surface area contributed by atoms with E-state index >= 15 is 0 Å². The largest absolute Gasteiger partial charge is 0.386 e. The molecule has 2 aliphatic rings. The van der Waals surface area contributed by atoms with Crippen molar-refractivity contribution in [3.8, 4) is 0 Å². The van der Waals surface area contributed by atoms with Crippen LogP contribution in [0.2, 0.25) is 0 Å². The van der Waals surface area contributed by atoms with Gasteiger partial charge in [0, 0.05) is 5.69 Å². The lowest BCUT2D eigenvalue weighted by molar-refractivity contribution is 0.0789. The first-order chi connectivity index (χ1) is 13.1. The summed E-state index contributed by atoms with van der Waals surface area (Å²) in [5.41, 5.74) is 5.36. The minimum absolute atomic E-state index is 0.281. The van der Waals surface area contributed by atoms with E-state index in [9.17, 15) is 14.1 Å². The van der Waals surface area contributed by atoms with Gasteiger partial charge in [0.1, 0.15) is 4.21 Å². The SMILES string of the molecule is CC(C)(O)c1csc([S@@](N)(=O)=NC(=O)Nc2c3c(cc4c2CCC4)CCC3)c1. The van der Waals surface area contributed by atoms with Crippen molar-refractivity contribution >= 4 is 33.0 Å². The van der Waals surface area contributed by atoms with E-state index in [-0.39, 0.29) is 4.21 Å². The lowest BCUT2D eigenvalue weighted by Gasteiger charge is -2.15. The molecule has 2 aliphatic carbocycles. The summed E-state index contributed by atoms with van der Waals surface area (Å²) in [5.74, 6) is 0. The Hall–Kier alpha value is -1.74. The van der Waals surface area contributed by atoms with E-state index in [1.807, 2.05) is 0 Å². The van der Waals surface area contributed by atoms with E-state index in [1.54, 1.807) is 25.3 Å².